The van der Waals surface area contributed by atoms with Crippen LogP contribution in [0.3, 0.4) is 0 Å². The maximum atomic E-state index is 13.0. The second kappa shape index (κ2) is 7.82. The summed E-state index contributed by atoms with van der Waals surface area (Å²) in [4.78, 5) is 14.6. The van der Waals surface area contributed by atoms with Crippen LogP contribution in [0.5, 0.6) is 0 Å². The molecule has 0 spiro atoms. The predicted molar refractivity (Wildman–Crippen MR) is 92.1 cm³/mol. The zero-order valence-electron chi connectivity index (χ0n) is 14.4. The van der Waals surface area contributed by atoms with E-state index >= 15 is 0 Å². The van der Waals surface area contributed by atoms with Crippen LogP contribution in [0, 0.1) is 0 Å². The maximum absolute atomic E-state index is 13.0. The summed E-state index contributed by atoms with van der Waals surface area (Å²) in [7, 11) is -3.63. The van der Waals surface area contributed by atoms with Crippen LogP contribution in [-0.2, 0) is 25.9 Å². The van der Waals surface area contributed by atoms with E-state index in [1.807, 2.05) is 6.92 Å². The molecule has 2 heterocycles. The molecule has 2 fully saturated rings. The quantitative estimate of drug-likeness (QED) is 0.784. The second-order valence-electron chi connectivity index (χ2n) is 6.10. The van der Waals surface area contributed by atoms with Crippen molar-refractivity contribution >= 4 is 15.9 Å². The number of sulfonamides is 1. The molecule has 3 rings (SSSR count). The van der Waals surface area contributed by atoms with Gasteiger partial charge in [0.1, 0.15) is 0 Å². The van der Waals surface area contributed by atoms with Crippen LogP contribution < -0.4 is 0 Å². The van der Waals surface area contributed by atoms with Crippen LogP contribution in [0.2, 0.25) is 0 Å². The van der Waals surface area contributed by atoms with E-state index < -0.39 is 10.0 Å². The van der Waals surface area contributed by atoms with E-state index in [2.05, 4.69) is 0 Å². The third kappa shape index (κ3) is 3.87. The number of aryl methyl sites for hydroxylation is 1. The molecular weight excluding hydrogens is 344 g/mol. The van der Waals surface area contributed by atoms with E-state index in [1.54, 1.807) is 17.0 Å². The lowest BCUT2D eigenvalue weighted by atomic mass is 10.1. The van der Waals surface area contributed by atoms with Crippen LogP contribution in [-0.4, -0.2) is 76.1 Å². The predicted octanol–water partition coefficient (Wildman–Crippen LogP) is 0.742. The van der Waals surface area contributed by atoms with Gasteiger partial charge in [0, 0.05) is 31.7 Å². The Hall–Kier alpha value is -1.48. The van der Waals surface area contributed by atoms with Crippen LogP contribution in [0.1, 0.15) is 22.8 Å². The van der Waals surface area contributed by atoms with Crippen LogP contribution in [0.15, 0.2) is 23.1 Å². The molecule has 1 aromatic rings. The fourth-order valence-corrected chi connectivity index (χ4v) is 4.82. The molecule has 0 bridgehead atoms. The first-order valence-electron chi connectivity index (χ1n) is 8.62. The number of carbonyl (C=O) groups is 1. The molecule has 0 aromatic heterocycles. The first-order valence-corrected chi connectivity index (χ1v) is 10.1. The molecule has 0 atom stereocenters. The van der Waals surface area contributed by atoms with E-state index in [0.717, 1.165) is 5.56 Å². The molecule has 2 aliphatic rings. The van der Waals surface area contributed by atoms with E-state index in [9.17, 15) is 13.2 Å². The summed E-state index contributed by atoms with van der Waals surface area (Å²) in [5, 5.41) is 0. The fourth-order valence-electron chi connectivity index (χ4n) is 3.09. The number of hydrogen-bond donors (Lipinski definition) is 0. The SMILES string of the molecule is CCc1ccc(C(=O)N2CCOCC2)cc1S(=O)(=O)N1CCOCC1. The minimum absolute atomic E-state index is 0.149. The number of carbonyl (C=O) groups excluding carboxylic acids is 1. The van der Waals surface area contributed by atoms with E-state index in [1.165, 1.54) is 10.4 Å². The van der Waals surface area contributed by atoms with Crippen molar-refractivity contribution < 1.29 is 22.7 Å². The largest absolute Gasteiger partial charge is 0.379 e. The van der Waals surface area contributed by atoms with Gasteiger partial charge < -0.3 is 14.4 Å². The lowest BCUT2D eigenvalue weighted by Gasteiger charge is -2.28. The summed E-state index contributed by atoms with van der Waals surface area (Å²) in [5.41, 5.74) is 1.14. The molecule has 2 saturated heterocycles. The zero-order valence-corrected chi connectivity index (χ0v) is 15.3. The molecule has 8 heteroatoms. The van der Waals surface area contributed by atoms with E-state index in [-0.39, 0.29) is 10.8 Å². The van der Waals surface area contributed by atoms with Gasteiger partial charge in [-0.05, 0) is 24.1 Å². The molecule has 138 valence electrons. The minimum Gasteiger partial charge on any atom is -0.379 e. The highest BCUT2D eigenvalue weighted by Crippen LogP contribution is 2.24. The summed E-state index contributed by atoms with van der Waals surface area (Å²) in [6, 6.07) is 5.00. The molecule has 1 aromatic carbocycles. The van der Waals surface area contributed by atoms with Crippen molar-refractivity contribution in [2.75, 3.05) is 52.6 Å². The molecular formula is C17H24N2O5S. The van der Waals surface area contributed by atoms with Crippen molar-refractivity contribution in [2.24, 2.45) is 0 Å². The Bertz CT molecular complexity index is 723. The monoisotopic (exact) mass is 368 g/mol. The molecule has 0 N–H and O–H groups in total. The van der Waals surface area contributed by atoms with Gasteiger partial charge in [0.2, 0.25) is 10.0 Å². The number of nitrogens with zero attached hydrogens (tertiary/aromatic N) is 2. The number of ether oxygens (including phenoxy) is 2. The third-order valence-corrected chi connectivity index (χ3v) is 6.56. The van der Waals surface area contributed by atoms with Crippen molar-refractivity contribution in [1.29, 1.82) is 0 Å². The first kappa shape index (κ1) is 18.3. The summed E-state index contributed by atoms with van der Waals surface area (Å²) in [6.45, 7) is 5.47. The Balaban J connectivity index is 1.93. The molecule has 7 nitrogen and oxygen atoms in total. The maximum Gasteiger partial charge on any atom is 0.254 e. The summed E-state index contributed by atoms with van der Waals surface area (Å²) in [5.74, 6) is -0.149. The number of benzene rings is 1. The van der Waals surface area contributed by atoms with Crippen molar-refractivity contribution in [3.63, 3.8) is 0 Å². The summed E-state index contributed by atoms with van der Waals surface area (Å²) < 4.78 is 38.0. The van der Waals surface area contributed by atoms with Crippen LogP contribution in [0.4, 0.5) is 0 Å². The van der Waals surface area contributed by atoms with Gasteiger partial charge in [-0.1, -0.05) is 13.0 Å². The van der Waals surface area contributed by atoms with Gasteiger partial charge in [0.05, 0.1) is 31.3 Å². The highest BCUT2D eigenvalue weighted by atomic mass is 32.2. The Morgan fingerprint density at radius 3 is 2.24 bits per heavy atom. The second-order valence-corrected chi connectivity index (χ2v) is 8.00. The highest BCUT2D eigenvalue weighted by Gasteiger charge is 2.29. The van der Waals surface area contributed by atoms with Crippen LogP contribution >= 0.6 is 0 Å². The number of rotatable bonds is 4. The molecule has 0 saturated carbocycles. The third-order valence-electron chi connectivity index (χ3n) is 4.58. The van der Waals surface area contributed by atoms with Crippen molar-refractivity contribution in [3.8, 4) is 0 Å². The first-order chi connectivity index (χ1) is 12.0. The highest BCUT2D eigenvalue weighted by molar-refractivity contribution is 7.89. The lowest BCUT2D eigenvalue weighted by Crippen LogP contribution is -2.42. The van der Waals surface area contributed by atoms with Crippen molar-refractivity contribution in [2.45, 2.75) is 18.2 Å². The topological polar surface area (TPSA) is 76.2 Å². The Labute approximate surface area is 148 Å². The molecule has 0 unspecified atom stereocenters. The molecule has 1 amide bonds. The zero-order chi connectivity index (χ0) is 17.9. The van der Waals surface area contributed by atoms with Gasteiger partial charge >= 0.3 is 0 Å². The standard InChI is InChI=1S/C17H24N2O5S/c1-2-14-3-4-15(17(20)18-5-9-23-10-6-18)13-16(14)25(21,22)19-7-11-24-12-8-19/h3-4,13H,2,5-12H2,1H3. The Morgan fingerprint density at radius 1 is 1.04 bits per heavy atom. The van der Waals surface area contributed by atoms with Gasteiger partial charge in [-0.15, -0.1) is 0 Å². The average Bonchev–Trinajstić information content (AvgIpc) is 2.68. The van der Waals surface area contributed by atoms with E-state index in [0.29, 0.717) is 64.6 Å². The molecule has 25 heavy (non-hydrogen) atoms. The normalized spacial score (nSPS) is 19.8. The lowest BCUT2D eigenvalue weighted by molar-refractivity contribution is 0.0302. The molecule has 0 radical (unpaired) electrons. The fraction of sp³-hybridized carbons (Fsp3) is 0.588. The average molecular weight is 368 g/mol. The molecule has 2 aliphatic heterocycles. The van der Waals surface area contributed by atoms with Gasteiger partial charge in [0.25, 0.3) is 5.91 Å². The smallest absolute Gasteiger partial charge is 0.254 e. The summed E-state index contributed by atoms with van der Waals surface area (Å²) >= 11 is 0. The van der Waals surface area contributed by atoms with Gasteiger partial charge in [-0.2, -0.15) is 4.31 Å². The number of morpholine rings is 2. The van der Waals surface area contributed by atoms with Gasteiger partial charge in [-0.25, -0.2) is 8.42 Å². The molecule has 0 aliphatic carbocycles. The minimum atomic E-state index is -3.63. The van der Waals surface area contributed by atoms with Gasteiger partial charge in [-0.3, -0.25) is 4.79 Å². The number of amides is 1. The number of hydrogen-bond acceptors (Lipinski definition) is 5. The summed E-state index contributed by atoms with van der Waals surface area (Å²) in [6.07, 6.45) is 0.588. The van der Waals surface area contributed by atoms with Crippen molar-refractivity contribution in [3.05, 3.63) is 29.3 Å². The van der Waals surface area contributed by atoms with Crippen LogP contribution in [0.25, 0.3) is 0 Å². The Kier molecular flexibility index (Phi) is 5.73. The van der Waals surface area contributed by atoms with E-state index in [4.69, 9.17) is 9.47 Å². The Morgan fingerprint density at radius 2 is 1.64 bits per heavy atom. The van der Waals surface area contributed by atoms with Crippen molar-refractivity contribution in [1.82, 2.24) is 9.21 Å². The van der Waals surface area contributed by atoms with Gasteiger partial charge in [0.15, 0.2) is 0 Å².